The molecule has 2 atom stereocenters. The highest BCUT2D eigenvalue weighted by atomic mass is 32.2. The van der Waals surface area contributed by atoms with Gasteiger partial charge in [0.2, 0.25) is 15.9 Å². The summed E-state index contributed by atoms with van der Waals surface area (Å²) < 4.78 is 30.8. The fourth-order valence-corrected chi connectivity index (χ4v) is 3.31. The average Bonchev–Trinajstić information content (AvgIpc) is 2.75. The summed E-state index contributed by atoms with van der Waals surface area (Å²) in [6.45, 7) is 0.518. The van der Waals surface area contributed by atoms with Crippen LogP contribution in [-0.4, -0.2) is 49.9 Å². The van der Waals surface area contributed by atoms with Crippen molar-refractivity contribution in [3.05, 3.63) is 0 Å². The summed E-state index contributed by atoms with van der Waals surface area (Å²) in [5.41, 5.74) is 4.91. The number of carbonyl (C=O) groups is 2. The Kier molecular flexibility index (Phi) is 5.70. The molecule has 0 spiro atoms. The number of carbonyl (C=O) groups excluding carboxylic acids is 1. The average molecular weight is 294 g/mol. The molecule has 1 amide bonds. The third-order valence-electron chi connectivity index (χ3n) is 2.73. The summed E-state index contributed by atoms with van der Waals surface area (Å²) >= 11 is 0. The van der Waals surface area contributed by atoms with Gasteiger partial charge < -0.3 is 15.6 Å². The van der Waals surface area contributed by atoms with Gasteiger partial charge in [-0.25, -0.2) is 13.1 Å². The standard InChI is InChI=1S/C10H18N2O6S/c11-9(13)4-3-8(10(14)15)12-19(16,17)6-7-2-1-5-18-7/h7-8,12H,1-6H2,(H2,11,13)(H,14,15). The van der Waals surface area contributed by atoms with E-state index in [0.29, 0.717) is 13.0 Å². The first-order chi connectivity index (χ1) is 8.80. The van der Waals surface area contributed by atoms with Crippen LogP contribution < -0.4 is 10.5 Å². The highest BCUT2D eigenvalue weighted by Crippen LogP contribution is 2.14. The van der Waals surface area contributed by atoms with Gasteiger partial charge in [0.25, 0.3) is 0 Å². The molecule has 1 rings (SSSR count). The molecule has 19 heavy (non-hydrogen) atoms. The molecule has 4 N–H and O–H groups in total. The molecule has 9 heteroatoms. The van der Waals surface area contributed by atoms with E-state index < -0.39 is 34.0 Å². The Labute approximate surface area is 111 Å². The fourth-order valence-electron chi connectivity index (χ4n) is 1.80. The minimum absolute atomic E-state index is 0.171. The van der Waals surface area contributed by atoms with Crippen LogP contribution in [0, 0.1) is 0 Å². The fraction of sp³-hybridized carbons (Fsp3) is 0.800. The molecule has 0 aliphatic carbocycles. The molecule has 0 aromatic heterocycles. The number of hydrogen-bond acceptors (Lipinski definition) is 5. The van der Waals surface area contributed by atoms with Crippen LogP contribution in [0.1, 0.15) is 25.7 Å². The summed E-state index contributed by atoms with van der Waals surface area (Å²) in [6, 6.07) is -1.35. The second kappa shape index (κ2) is 6.83. The highest BCUT2D eigenvalue weighted by molar-refractivity contribution is 7.89. The number of ether oxygens (including phenoxy) is 1. The number of amides is 1. The summed E-state index contributed by atoms with van der Waals surface area (Å²) in [6.07, 6.45) is 0.669. The van der Waals surface area contributed by atoms with E-state index in [1.807, 2.05) is 0 Å². The molecule has 1 aliphatic rings. The van der Waals surface area contributed by atoms with E-state index >= 15 is 0 Å². The number of nitrogens with two attached hydrogens (primary N) is 1. The smallest absolute Gasteiger partial charge is 0.321 e. The first-order valence-electron chi connectivity index (χ1n) is 5.93. The zero-order valence-electron chi connectivity index (χ0n) is 10.4. The van der Waals surface area contributed by atoms with Gasteiger partial charge in [0, 0.05) is 13.0 Å². The normalized spacial score (nSPS) is 21.2. The van der Waals surface area contributed by atoms with Gasteiger partial charge in [0.05, 0.1) is 11.9 Å². The first kappa shape index (κ1) is 15.9. The van der Waals surface area contributed by atoms with E-state index in [9.17, 15) is 18.0 Å². The molecule has 0 aromatic rings. The van der Waals surface area contributed by atoms with Crippen molar-refractivity contribution in [1.29, 1.82) is 0 Å². The zero-order chi connectivity index (χ0) is 14.5. The Morgan fingerprint density at radius 1 is 1.47 bits per heavy atom. The summed E-state index contributed by atoms with van der Waals surface area (Å²) in [5, 5.41) is 8.90. The van der Waals surface area contributed by atoms with Crippen molar-refractivity contribution < 1.29 is 27.9 Å². The van der Waals surface area contributed by atoms with Crippen LogP contribution in [0.25, 0.3) is 0 Å². The van der Waals surface area contributed by atoms with E-state index in [0.717, 1.165) is 6.42 Å². The minimum atomic E-state index is -3.77. The number of sulfonamides is 1. The molecule has 8 nitrogen and oxygen atoms in total. The molecular formula is C10H18N2O6S. The van der Waals surface area contributed by atoms with Crippen LogP contribution >= 0.6 is 0 Å². The van der Waals surface area contributed by atoms with E-state index in [-0.39, 0.29) is 18.6 Å². The van der Waals surface area contributed by atoms with Crippen LogP contribution in [-0.2, 0) is 24.3 Å². The molecule has 1 aliphatic heterocycles. The van der Waals surface area contributed by atoms with Crippen molar-refractivity contribution in [2.45, 2.75) is 37.8 Å². The second-order valence-corrected chi connectivity index (χ2v) is 6.23. The van der Waals surface area contributed by atoms with E-state index in [1.165, 1.54) is 0 Å². The Morgan fingerprint density at radius 2 is 2.16 bits per heavy atom. The van der Waals surface area contributed by atoms with Crippen LogP contribution in [0.3, 0.4) is 0 Å². The molecular weight excluding hydrogens is 276 g/mol. The lowest BCUT2D eigenvalue weighted by atomic mass is 10.2. The molecule has 110 valence electrons. The Morgan fingerprint density at radius 3 is 2.63 bits per heavy atom. The summed E-state index contributed by atoms with van der Waals surface area (Å²) in [4.78, 5) is 21.5. The molecule has 0 bridgehead atoms. The van der Waals surface area contributed by atoms with Gasteiger partial charge in [0.1, 0.15) is 6.04 Å². The number of carboxylic acid groups (broad SMARTS) is 1. The number of aliphatic carboxylic acids is 1. The van der Waals surface area contributed by atoms with Crippen molar-refractivity contribution >= 4 is 21.9 Å². The Hall–Kier alpha value is -1.19. The van der Waals surface area contributed by atoms with Crippen LogP contribution in [0.4, 0.5) is 0 Å². The second-order valence-electron chi connectivity index (χ2n) is 4.43. The van der Waals surface area contributed by atoms with E-state index in [2.05, 4.69) is 4.72 Å². The van der Waals surface area contributed by atoms with Crippen LogP contribution in [0.15, 0.2) is 0 Å². The zero-order valence-corrected chi connectivity index (χ0v) is 11.2. The number of hydrogen-bond donors (Lipinski definition) is 3. The van der Waals surface area contributed by atoms with Gasteiger partial charge in [-0.1, -0.05) is 0 Å². The molecule has 0 saturated carbocycles. The van der Waals surface area contributed by atoms with Gasteiger partial charge in [-0.2, -0.15) is 0 Å². The molecule has 0 radical (unpaired) electrons. The van der Waals surface area contributed by atoms with Crippen LogP contribution in [0.2, 0.25) is 0 Å². The minimum Gasteiger partial charge on any atom is -0.480 e. The van der Waals surface area contributed by atoms with Gasteiger partial charge in [-0.05, 0) is 19.3 Å². The molecule has 1 saturated heterocycles. The molecule has 0 aromatic carbocycles. The van der Waals surface area contributed by atoms with E-state index in [1.54, 1.807) is 0 Å². The maximum atomic E-state index is 11.8. The van der Waals surface area contributed by atoms with Crippen molar-refractivity contribution in [2.75, 3.05) is 12.4 Å². The molecule has 1 heterocycles. The van der Waals surface area contributed by atoms with Crippen molar-refractivity contribution in [3.8, 4) is 0 Å². The highest BCUT2D eigenvalue weighted by Gasteiger charge is 2.28. The third kappa shape index (κ3) is 5.99. The number of nitrogens with one attached hydrogen (secondary N) is 1. The predicted octanol–water partition coefficient (Wildman–Crippen LogP) is -1.20. The lowest BCUT2D eigenvalue weighted by Crippen LogP contribution is -2.44. The van der Waals surface area contributed by atoms with Gasteiger partial charge in [-0.15, -0.1) is 0 Å². The van der Waals surface area contributed by atoms with Gasteiger partial charge in [0.15, 0.2) is 0 Å². The number of rotatable bonds is 8. The third-order valence-corrected chi connectivity index (χ3v) is 4.18. The first-order valence-corrected chi connectivity index (χ1v) is 7.58. The number of primary amides is 1. The lowest BCUT2D eigenvalue weighted by molar-refractivity contribution is -0.139. The Balaban J connectivity index is 2.55. The van der Waals surface area contributed by atoms with Crippen molar-refractivity contribution in [2.24, 2.45) is 5.73 Å². The largest absolute Gasteiger partial charge is 0.480 e. The van der Waals surface area contributed by atoms with E-state index in [4.69, 9.17) is 15.6 Å². The monoisotopic (exact) mass is 294 g/mol. The lowest BCUT2D eigenvalue weighted by Gasteiger charge is -2.16. The van der Waals surface area contributed by atoms with Crippen molar-refractivity contribution in [3.63, 3.8) is 0 Å². The SMILES string of the molecule is NC(=O)CCC(NS(=O)(=O)CC1CCCO1)C(=O)O. The maximum absolute atomic E-state index is 11.8. The van der Waals surface area contributed by atoms with Crippen LogP contribution in [0.5, 0.6) is 0 Å². The summed E-state index contributed by atoms with van der Waals surface area (Å²) in [7, 11) is -3.77. The maximum Gasteiger partial charge on any atom is 0.321 e. The summed E-state index contributed by atoms with van der Waals surface area (Å²) in [5.74, 6) is -2.28. The molecule has 2 unspecified atom stereocenters. The predicted molar refractivity (Wildman–Crippen MR) is 65.7 cm³/mol. The Bertz CT molecular complexity index is 429. The van der Waals surface area contributed by atoms with Gasteiger partial charge in [-0.3, -0.25) is 9.59 Å². The van der Waals surface area contributed by atoms with Gasteiger partial charge >= 0.3 is 5.97 Å². The molecule has 1 fully saturated rings. The quantitative estimate of drug-likeness (QED) is 0.514. The topological polar surface area (TPSA) is 136 Å². The van der Waals surface area contributed by atoms with Crippen molar-refractivity contribution in [1.82, 2.24) is 4.72 Å². The number of carboxylic acids is 1.